The minimum absolute atomic E-state index is 0.0552. The molecule has 0 heterocycles. The molecule has 0 fully saturated rings. The number of carbonyl (C=O) groups is 1. The molecule has 1 aromatic rings. The average molecular weight is 376 g/mol. The van der Waals surface area contributed by atoms with Gasteiger partial charge in [0.15, 0.2) is 0 Å². The van der Waals surface area contributed by atoms with Crippen molar-refractivity contribution in [2.24, 2.45) is 0 Å². The largest absolute Gasteiger partial charge is 0.508 e. The van der Waals surface area contributed by atoms with E-state index in [1.807, 2.05) is 0 Å². The van der Waals surface area contributed by atoms with Crippen molar-refractivity contribution in [1.29, 1.82) is 0 Å². The van der Waals surface area contributed by atoms with Gasteiger partial charge in [-0.05, 0) is 30.7 Å². The van der Waals surface area contributed by atoms with E-state index in [4.69, 9.17) is 0 Å². The third-order valence-corrected chi connectivity index (χ3v) is 5.20. The minimum Gasteiger partial charge on any atom is -0.508 e. The van der Waals surface area contributed by atoms with E-state index in [-0.39, 0.29) is 11.7 Å². The van der Waals surface area contributed by atoms with Crippen LogP contribution < -0.4 is 5.32 Å². The van der Waals surface area contributed by atoms with Crippen LogP contribution in [0.2, 0.25) is 0 Å². The van der Waals surface area contributed by atoms with Crippen molar-refractivity contribution in [1.82, 2.24) is 5.32 Å². The van der Waals surface area contributed by atoms with E-state index in [2.05, 4.69) is 12.2 Å². The van der Waals surface area contributed by atoms with E-state index < -0.39 is 0 Å². The monoisotopic (exact) mass is 375 g/mol. The molecule has 0 aliphatic rings. The fourth-order valence-corrected chi connectivity index (χ4v) is 3.41. The van der Waals surface area contributed by atoms with Crippen LogP contribution in [0.1, 0.15) is 114 Å². The average Bonchev–Trinajstić information content (AvgIpc) is 2.68. The second kappa shape index (κ2) is 16.6. The minimum atomic E-state index is -0.0552. The number of amides is 1. The van der Waals surface area contributed by atoms with E-state index in [1.54, 1.807) is 24.3 Å². The van der Waals surface area contributed by atoms with Gasteiger partial charge in [-0.2, -0.15) is 0 Å². The molecule has 2 N–H and O–H groups in total. The Balaban J connectivity index is 1.80. The zero-order valence-electron chi connectivity index (χ0n) is 17.5. The van der Waals surface area contributed by atoms with Crippen LogP contribution in [0.25, 0.3) is 0 Å². The van der Waals surface area contributed by atoms with Crippen LogP contribution in [-0.4, -0.2) is 17.6 Å². The van der Waals surface area contributed by atoms with Gasteiger partial charge in [0.1, 0.15) is 5.75 Å². The molecule has 0 bridgehead atoms. The van der Waals surface area contributed by atoms with Crippen molar-refractivity contribution in [2.45, 2.75) is 103 Å². The van der Waals surface area contributed by atoms with Crippen LogP contribution in [0.5, 0.6) is 5.75 Å². The van der Waals surface area contributed by atoms with Crippen LogP contribution in [0, 0.1) is 0 Å². The fourth-order valence-electron chi connectivity index (χ4n) is 3.41. The molecular formula is C24H41NO2. The first-order valence-electron chi connectivity index (χ1n) is 11.3. The molecule has 0 aliphatic carbocycles. The summed E-state index contributed by atoms with van der Waals surface area (Å²) in [6, 6.07) is 6.39. The van der Waals surface area contributed by atoms with E-state index in [0.717, 1.165) is 13.0 Å². The van der Waals surface area contributed by atoms with Crippen molar-refractivity contribution >= 4 is 5.91 Å². The first-order valence-corrected chi connectivity index (χ1v) is 11.3. The van der Waals surface area contributed by atoms with Crippen molar-refractivity contribution in [2.75, 3.05) is 6.54 Å². The molecule has 3 heteroatoms. The molecule has 154 valence electrons. The lowest BCUT2D eigenvalue weighted by Crippen LogP contribution is -2.24. The second-order valence-corrected chi connectivity index (χ2v) is 7.75. The molecule has 0 aromatic heterocycles. The number of phenolic OH excluding ortho intramolecular Hbond substituents is 1. The summed E-state index contributed by atoms with van der Waals surface area (Å²) < 4.78 is 0. The smallest absolute Gasteiger partial charge is 0.251 e. The molecule has 0 radical (unpaired) electrons. The molecule has 0 saturated carbocycles. The van der Waals surface area contributed by atoms with Gasteiger partial charge in [0, 0.05) is 12.1 Å². The first kappa shape index (κ1) is 23.5. The lowest BCUT2D eigenvalue weighted by Gasteiger charge is -2.06. The molecule has 1 aromatic carbocycles. The van der Waals surface area contributed by atoms with Crippen LogP contribution >= 0.6 is 0 Å². The highest BCUT2D eigenvalue weighted by atomic mass is 16.3. The number of unbranched alkanes of at least 4 members (excludes halogenated alkanes) is 14. The van der Waals surface area contributed by atoms with Crippen molar-refractivity contribution in [3.63, 3.8) is 0 Å². The summed E-state index contributed by atoms with van der Waals surface area (Å²) in [5.74, 6) is 0.134. The molecule has 1 amide bonds. The third-order valence-electron chi connectivity index (χ3n) is 5.20. The Morgan fingerprint density at radius 2 is 1.11 bits per heavy atom. The summed E-state index contributed by atoms with van der Waals surface area (Å²) >= 11 is 0. The molecule has 0 saturated heterocycles. The highest BCUT2D eigenvalue weighted by Gasteiger charge is 2.03. The lowest BCUT2D eigenvalue weighted by molar-refractivity contribution is 0.0953. The maximum Gasteiger partial charge on any atom is 0.251 e. The number of nitrogens with one attached hydrogen (secondary N) is 1. The van der Waals surface area contributed by atoms with Gasteiger partial charge < -0.3 is 10.4 Å². The SMILES string of the molecule is CCCCCCCCCCCCCCCCCNC(=O)c1ccc(O)cc1. The summed E-state index contributed by atoms with van der Waals surface area (Å²) in [5.41, 5.74) is 0.605. The molecule has 0 spiro atoms. The van der Waals surface area contributed by atoms with Gasteiger partial charge in [0.2, 0.25) is 0 Å². The van der Waals surface area contributed by atoms with Crippen molar-refractivity contribution in [3.8, 4) is 5.75 Å². The summed E-state index contributed by atoms with van der Waals surface area (Å²) in [4.78, 5) is 11.9. The number of aromatic hydroxyl groups is 1. The van der Waals surface area contributed by atoms with Crippen LogP contribution in [0.15, 0.2) is 24.3 Å². The van der Waals surface area contributed by atoms with Crippen LogP contribution in [-0.2, 0) is 0 Å². The lowest BCUT2D eigenvalue weighted by atomic mass is 10.0. The van der Waals surface area contributed by atoms with E-state index in [0.29, 0.717) is 5.56 Å². The summed E-state index contributed by atoms with van der Waals surface area (Å²) in [5, 5.41) is 12.2. The Hall–Kier alpha value is -1.51. The normalized spacial score (nSPS) is 10.9. The highest BCUT2D eigenvalue weighted by Crippen LogP contribution is 2.13. The van der Waals surface area contributed by atoms with Crippen LogP contribution in [0.4, 0.5) is 0 Å². The molecule has 27 heavy (non-hydrogen) atoms. The third kappa shape index (κ3) is 13.3. The molecule has 0 aliphatic heterocycles. The van der Waals surface area contributed by atoms with Gasteiger partial charge >= 0.3 is 0 Å². The second-order valence-electron chi connectivity index (χ2n) is 7.75. The van der Waals surface area contributed by atoms with Gasteiger partial charge in [-0.25, -0.2) is 0 Å². The Morgan fingerprint density at radius 3 is 1.56 bits per heavy atom. The van der Waals surface area contributed by atoms with Crippen molar-refractivity contribution < 1.29 is 9.90 Å². The van der Waals surface area contributed by atoms with E-state index >= 15 is 0 Å². The summed E-state index contributed by atoms with van der Waals surface area (Å²) in [6.07, 6.45) is 20.3. The van der Waals surface area contributed by atoms with E-state index in [9.17, 15) is 9.90 Å². The van der Waals surface area contributed by atoms with Gasteiger partial charge in [-0.15, -0.1) is 0 Å². The summed E-state index contributed by atoms with van der Waals surface area (Å²) in [6.45, 7) is 3.01. The number of hydrogen-bond acceptors (Lipinski definition) is 2. The summed E-state index contributed by atoms with van der Waals surface area (Å²) in [7, 11) is 0. The van der Waals surface area contributed by atoms with Crippen LogP contribution in [0.3, 0.4) is 0 Å². The standard InChI is InChI=1S/C24H41NO2/c1-2-3-4-5-6-7-8-9-10-11-12-13-14-15-16-21-25-24(27)22-17-19-23(26)20-18-22/h17-20,26H,2-16,21H2,1H3,(H,25,27). The Kier molecular flexibility index (Phi) is 14.5. The Morgan fingerprint density at radius 1 is 0.704 bits per heavy atom. The number of phenols is 1. The van der Waals surface area contributed by atoms with E-state index in [1.165, 1.54) is 89.9 Å². The predicted octanol–water partition coefficient (Wildman–Crippen LogP) is 6.99. The fraction of sp³-hybridized carbons (Fsp3) is 0.708. The number of rotatable bonds is 17. The van der Waals surface area contributed by atoms with Gasteiger partial charge in [-0.3, -0.25) is 4.79 Å². The van der Waals surface area contributed by atoms with Gasteiger partial charge in [0.25, 0.3) is 5.91 Å². The molecular weight excluding hydrogens is 334 g/mol. The predicted molar refractivity (Wildman–Crippen MR) is 115 cm³/mol. The van der Waals surface area contributed by atoms with Gasteiger partial charge in [-0.1, -0.05) is 96.8 Å². The quantitative estimate of drug-likeness (QED) is 0.288. The first-order chi connectivity index (χ1) is 13.2. The number of hydrogen-bond donors (Lipinski definition) is 2. The Labute approximate surface area is 167 Å². The zero-order valence-corrected chi connectivity index (χ0v) is 17.5. The maximum atomic E-state index is 11.9. The van der Waals surface area contributed by atoms with Crippen molar-refractivity contribution in [3.05, 3.63) is 29.8 Å². The number of carbonyl (C=O) groups excluding carboxylic acids is 1. The Bertz CT molecular complexity index is 470. The van der Waals surface area contributed by atoms with Gasteiger partial charge in [0.05, 0.1) is 0 Å². The molecule has 0 unspecified atom stereocenters. The molecule has 0 atom stereocenters. The number of benzene rings is 1. The molecule has 3 nitrogen and oxygen atoms in total. The topological polar surface area (TPSA) is 49.3 Å². The zero-order chi connectivity index (χ0) is 19.6. The maximum absolute atomic E-state index is 11.9. The highest BCUT2D eigenvalue weighted by molar-refractivity contribution is 5.94. The molecule has 1 rings (SSSR count).